The zero-order valence-corrected chi connectivity index (χ0v) is 13.2. The van der Waals surface area contributed by atoms with E-state index in [1.54, 1.807) is 12.1 Å². The summed E-state index contributed by atoms with van der Waals surface area (Å²) >= 11 is 0. The number of primary sulfonamides is 1. The second-order valence-electron chi connectivity index (χ2n) is 5.52. The highest BCUT2D eigenvalue weighted by Crippen LogP contribution is 2.21. The van der Waals surface area contributed by atoms with Crippen LogP contribution in [0.4, 0.5) is 5.69 Å². The lowest BCUT2D eigenvalue weighted by Crippen LogP contribution is -2.24. The van der Waals surface area contributed by atoms with E-state index < -0.39 is 10.0 Å². The molecule has 0 saturated carbocycles. The average Bonchev–Trinajstić information content (AvgIpc) is 2.36. The summed E-state index contributed by atoms with van der Waals surface area (Å²) in [6.45, 7) is 4.55. The Kier molecular flexibility index (Phi) is 6.32. The van der Waals surface area contributed by atoms with Crippen LogP contribution in [0.15, 0.2) is 29.2 Å². The van der Waals surface area contributed by atoms with Gasteiger partial charge in [-0.1, -0.05) is 26.0 Å². The zero-order chi connectivity index (χ0) is 16.0. The number of carbonyl (C=O) groups excluding carboxylic acids is 1. The summed E-state index contributed by atoms with van der Waals surface area (Å²) in [6, 6.07) is 6.06. The van der Waals surface area contributed by atoms with E-state index in [-0.39, 0.29) is 28.8 Å². The smallest absolute Gasteiger partial charge is 0.240 e. The molecule has 0 fully saturated rings. The fourth-order valence-corrected chi connectivity index (χ4v) is 2.90. The van der Waals surface area contributed by atoms with Gasteiger partial charge in [0.1, 0.15) is 4.90 Å². The van der Waals surface area contributed by atoms with Crippen LogP contribution in [-0.4, -0.2) is 20.9 Å². The average molecular weight is 313 g/mol. The normalized spacial score (nSPS) is 13.2. The highest BCUT2D eigenvalue weighted by Gasteiger charge is 2.18. The first-order chi connectivity index (χ1) is 9.74. The number of amides is 1. The summed E-state index contributed by atoms with van der Waals surface area (Å²) in [5, 5.41) is 7.73. The van der Waals surface area contributed by atoms with Crippen LogP contribution in [0.25, 0.3) is 0 Å². The Labute approximate surface area is 126 Å². The molecule has 0 spiro atoms. The number of benzene rings is 1. The summed E-state index contributed by atoms with van der Waals surface area (Å²) in [6.07, 6.45) is 1.11. The Morgan fingerprint density at radius 2 is 1.90 bits per heavy atom. The quantitative estimate of drug-likeness (QED) is 0.703. The number of carbonyl (C=O) groups is 1. The van der Waals surface area contributed by atoms with Crippen molar-refractivity contribution in [1.29, 1.82) is 0 Å². The number of nitrogens with two attached hydrogens (primary N) is 2. The number of hydrogen-bond acceptors (Lipinski definition) is 4. The van der Waals surface area contributed by atoms with E-state index in [4.69, 9.17) is 10.9 Å². The first kappa shape index (κ1) is 17.6. The summed E-state index contributed by atoms with van der Waals surface area (Å²) in [7, 11) is -3.87. The summed E-state index contributed by atoms with van der Waals surface area (Å²) in [5.74, 6) is 0.261. The zero-order valence-electron chi connectivity index (χ0n) is 12.4. The van der Waals surface area contributed by atoms with Crippen LogP contribution in [-0.2, 0) is 14.8 Å². The standard InChI is InChI=1S/C14H23N3O3S/c1-10(2)7-11(9-15)8-14(18)17-12-5-3-4-6-13(12)21(16,19)20/h3-6,10-11H,7-9,15H2,1-2H3,(H,17,18)(H2,16,19,20). The molecule has 0 aliphatic rings. The maximum atomic E-state index is 12.0. The van der Waals surface area contributed by atoms with Gasteiger partial charge in [0, 0.05) is 6.42 Å². The van der Waals surface area contributed by atoms with Crippen molar-refractivity contribution in [3.8, 4) is 0 Å². The van der Waals surface area contributed by atoms with Gasteiger partial charge in [-0.2, -0.15) is 0 Å². The molecule has 0 aromatic heterocycles. The van der Waals surface area contributed by atoms with Crippen molar-refractivity contribution < 1.29 is 13.2 Å². The minimum Gasteiger partial charge on any atom is -0.330 e. The molecule has 0 aliphatic heterocycles. The lowest BCUT2D eigenvalue weighted by atomic mass is 9.94. The van der Waals surface area contributed by atoms with E-state index in [1.165, 1.54) is 12.1 Å². The maximum Gasteiger partial charge on any atom is 0.240 e. The number of para-hydroxylation sites is 1. The number of anilines is 1. The van der Waals surface area contributed by atoms with E-state index in [2.05, 4.69) is 19.2 Å². The molecule has 0 heterocycles. The van der Waals surface area contributed by atoms with Crippen molar-refractivity contribution in [3.05, 3.63) is 24.3 Å². The van der Waals surface area contributed by atoms with Gasteiger partial charge in [0.05, 0.1) is 5.69 Å². The van der Waals surface area contributed by atoms with Crippen molar-refractivity contribution in [2.45, 2.75) is 31.6 Å². The summed E-state index contributed by atoms with van der Waals surface area (Å²) in [5.41, 5.74) is 5.87. The van der Waals surface area contributed by atoms with Gasteiger partial charge < -0.3 is 11.1 Å². The SMILES string of the molecule is CC(C)CC(CN)CC(=O)Nc1ccccc1S(N)(=O)=O. The summed E-state index contributed by atoms with van der Waals surface area (Å²) < 4.78 is 22.9. The molecule has 7 heteroatoms. The largest absolute Gasteiger partial charge is 0.330 e. The number of sulfonamides is 1. The molecule has 0 bridgehead atoms. The molecule has 0 radical (unpaired) electrons. The molecule has 1 rings (SSSR count). The van der Waals surface area contributed by atoms with E-state index in [0.29, 0.717) is 12.5 Å². The van der Waals surface area contributed by atoms with Crippen LogP contribution < -0.4 is 16.2 Å². The minimum absolute atomic E-state index is 0.0756. The van der Waals surface area contributed by atoms with Gasteiger partial charge in [0.15, 0.2) is 0 Å². The van der Waals surface area contributed by atoms with Gasteiger partial charge in [-0.3, -0.25) is 4.79 Å². The van der Waals surface area contributed by atoms with Gasteiger partial charge in [0.25, 0.3) is 0 Å². The molecule has 1 aromatic carbocycles. The molecule has 0 saturated heterocycles. The monoisotopic (exact) mass is 313 g/mol. The molecule has 6 nitrogen and oxygen atoms in total. The van der Waals surface area contributed by atoms with Gasteiger partial charge in [0.2, 0.25) is 15.9 Å². The third-order valence-electron chi connectivity index (χ3n) is 3.08. The third kappa shape index (κ3) is 5.82. The van der Waals surface area contributed by atoms with E-state index in [9.17, 15) is 13.2 Å². The first-order valence-corrected chi connectivity index (χ1v) is 8.40. The van der Waals surface area contributed by atoms with Gasteiger partial charge in [-0.05, 0) is 36.9 Å². The first-order valence-electron chi connectivity index (χ1n) is 6.85. The molecular formula is C14H23N3O3S. The van der Waals surface area contributed by atoms with E-state index in [0.717, 1.165) is 6.42 Å². The van der Waals surface area contributed by atoms with Crippen molar-refractivity contribution in [1.82, 2.24) is 0 Å². The fraction of sp³-hybridized carbons (Fsp3) is 0.500. The highest BCUT2D eigenvalue weighted by molar-refractivity contribution is 7.89. The molecule has 0 aliphatic carbocycles. The van der Waals surface area contributed by atoms with Crippen LogP contribution in [0.1, 0.15) is 26.7 Å². The Morgan fingerprint density at radius 1 is 1.29 bits per heavy atom. The van der Waals surface area contributed by atoms with Crippen molar-refractivity contribution in [2.75, 3.05) is 11.9 Å². The van der Waals surface area contributed by atoms with Gasteiger partial charge in [-0.15, -0.1) is 0 Å². The lowest BCUT2D eigenvalue weighted by Gasteiger charge is -2.17. The van der Waals surface area contributed by atoms with Crippen LogP contribution >= 0.6 is 0 Å². The second-order valence-corrected chi connectivity index (χ2v) is 7.05. The van der Waals surface area contributed by atoms with Gasteiger partial charge >= 0.3 is 0 Å². The number of nitrogens with one attached hydrogen (secondary N) is 1. The van der Waals surface area contributed by atoms with Crippen molar-refractivity contribution in [3.63, 3.8) is 0 Å². The molecule has 1 unspecified atom stereocenters. The summed E-state index contributed by atoms with van der Waals surface area (Å²) in [4.78, 5) is 11.9. The van der Waals surface area contributed by atoms with Gasteiger partial charge in [-0.25, -0.2) is 13.6 Å². The molecular weight excluding hydrogens is 290 g/mol. The number of rotatable bonds is 7. The van der Waals surface area contributed by atoms with E-state index >= 15 is 0 Å². The lowest BCUT2D eigenvalue weighted by molar-refractivity contribution is -0.117. The van der Waals surface area contributed by atoms with Crippen molar-refractivity contribution >= 4 is 21.6 Å². The highest BCUT2D eigenvalue weighted by atomic mass is 32.2. The molecule has 1 aromatic rings. The molecule has 118 valence electrons. The molecule has 1 atom stereocenters. The fourth-order valence-electron chi connectivity index (χ4n) is 2.21. The van der Waals surface area contributed by atoms with Crippen LogP contribution in [0.5, 0.6) is 0 Å². The Bertz CT molecular complexity index is 585. The predicted molar refractivity (Wildman–Crippen MR) is 83.1 cm³/mol. The third-order valence-corrected chi connectivity index (χ3v) is 4.05. The second kappa shape index (κ2) is 7.53. The predicted octanol–water partition coefficient (Wildman–Crippen LogP) is 1.28. The van der Waals surface area contributed by atoms with Crippen LogP contribution in [0, 0.1) is 11.8 Å². The molecule has 21 heavy (non-hydrogen) atoms. The topological polar surface area (TPSA) is 115 Å². The van der Waals surface area contributed by atoms with Crippen molar-refractivity contribution in [2.24, 2.45) is 22.7 Å². The molecule has 1 amide bonds. The Balaban J connectivity index is 2.80. The number of hydrogen-bond donors (Lipinski definition) is 3. The maximum absolute atomic E-state index is 12.0. The molecule has 5 N–H and O–H groups in total. The Morgan fingerprint density at radius 3 is 2.43 bits per heavy atom. The minimum atomic E-state index is -3.87. The van der Waals surface area contributed by atoms with Crippen LogP contribution in [0.2, 0.25) is 0 Å². The Hall–Kier alpha value is -1.44. The van der Waals surface area contributed by atoms with E-state index in [1.807, 2.05) is 0 Å². The van der Waals surface area contributed by atoms with Crippen LogP contribution in [0.3, 0.4) is 0 Å².